The molecule has 30 heavy (non-hydrogen) atoms. The van der Waals surface area contributed by atoms with Crippen molar-refractivity contribution in [2.24, 2.45) is 0 Å². The Morgan fingerprint density at radius 3 is 2.67 bits per heavy atom. The van der Waals surface area contributed by atoms with E-state index in [0.29, 0.717) is 5.56 Å². The molecule has 0 unspecified atom stereocenters. The maximum absolute atomic E-state index is 11.9. The lowest BCUT2D eigenvalue weighted by Gasteiger charge is -2.37. The number of allylic oxidation sites excluding steroid dienone is 5. The van der Waals surface area contributed by atoms with Crippen molar-refractivity contribution >= 4 is 47.5 Å². The second-order valence-corrected chi connectivity index (χ2v) is 13.9. The van der Waals surface area contributed by atoms with Gasteiger partial charge >= 0.3 is 5.97 Å². The van der Waals surface area contributed by atoms with Crippen LogP contribution in [0.5, 0.6) is 0 Å². The third-order valence-electron chi connectivity index (χ3n) is 6.53. The number of aromatic carboxylic acids is 1. The molecule has 0 amide bonds. The largest absolute Gasteiger partial charge is 0.478 e. The van der Waals surface area contributed by atoms with E-state index in [9.17, 15) is 9.90 Å². The number of nitrogens with zero attached hydrogens (tertiary/aromatic N) is 1. The Kier molecular flexibility index (Phi) is 4.45. The summed E-state index contributed by atoms with van der Waals surface area (Å²) >= 11 is 1.50. The molecule has 0 bridgehead atoms. The number of anilines is 1. The number of thiophene rings is 1. The zero-order valence-corrected chi connectivity index (χ0v) is 19.1. The Balaban J connectivity index is 1.83. The summed E-state index contributed by atoms with van der Waals surface area (Å²) in [6, 6.07) is 7.83. The van der Waals surface area contributed by atoms with E-state index in [-0.39, 0.29) is 0 Å². The van der Waals surface area contributed by atoms with Crippen LogP contribution in [0.15, 0.2) is 58.6 Å². The van der Waals surface area contributed by atoms with Crippen LogP contribution in [0.2, 0.25) is 13.1 Å². The standard InChI is InChI=1S/C24H24N2O2SSi/c1-30(2)20-13-15(25)5-7-17(20)22(23-19(24(27)28)9-12-29-23)18-8-6-16(14-21(18)30)26-10-3-4-11-26/h5-9,12-14,25H,3-4,10-11H2,1-2H3,(H,27,28)/p+1. The summed E-state index contributed by atoms with van der Waals surface area (Å²) in [6.45, 7) is 6.96. The second-order valence-electron chi connectivity index (χ2n) is 8.70. The topological polar surface area (TPSA) is 66.3 Å². The minimum atomic E-state index is -2.01. The van der Waals surface area contributed by atoms with E-state index in [2.05, 4.69) is 48.0 Å². The molecule has 2 aromatic rings. The molecule has 1 fully saturated rings. The van der Waals surface area contributed by atoms with Gasteiger partial charge in [-0.3, -0.25) is 0 Å². The predicted octanol–water partition coefficient (Wildman–Crippen LogP) is 4.04. The quantitative estimate of drug-likeness (QED) is 0.427. The minimum absolute atomic E-state index is 0.369. The van der Waals surface area contributed by atoms with Gasteiger partial charge in [-0.25, -0.2) is 9.37 Å². The van der Waals surface area contributed by atoms with E-state index >= 15 is 0 Å². The summed E-state index contributed by atoms with van der Waals surface area (Å²) in [5, 5.41) is 14.3. The average molecular weight is 434 g/mol. The van der Waals surface area contributed by atoms with Crippen molar-refractivity contribution in [2.45, 2.75) is 25.9 Å². The number of benzene rings is 1. The minimum Gasteiger partial charge on any atom is -0.478 e. The molecule has 0 spiro atoms. The van der Waals surface area contributed by atoms with E-state index in [1.54, 1.807) is 6.07 Å². The summed E-state index contributed by atoms with van der Waals surface area (Å²) in [6.07, 6.45) is 9.29. The van der Waals surface area contributed by atoms with Gasteiger partial charge in [0.25, 0.3) is 0 Å². The lowest BCUT2D eigenvalue weighted by molar-refractivity contribution is -0.504. The van der Waals surface area contributed by atoms with Gasteiger partial charge in [0, 0.05) is 41.1 Å². The molecule has 1 saturated heterocycles. The number of hydrogen-bond donors (Lipinski definition) is 2. The Bertz CT molecular complexity index is 1210. The molecule has 3 N–H and O–H groups in total. The first-order chi connectivity index (χ1) is 14.4. The van der Waals surface area contributed by atoms with Crippen LogP contribution in [0.3, 0.4) is 0 Å². The molecule has 0 radical (unpaired) electrons. The molecule has 0 atom stereocenters. The van der Waals surface area contributed by atoms with Crippen LogP contribution in [0.25, 0.3) is 5.57 Å². The number of hydrogen-bond acceptors (Lipinski definition) is 3. The first kappa shape index (κ1) is 19.3. The highest BCUT2D eigenvalue weighted by Crippen LogP contribution is 2.43. The number of rotatable bonds is 2. The summed E-state index contributed by atoms with van der Waals surface area (Å²) < 4.78 is 2.47. The number of nitrogen functional groups attached to an aromatic ring is 1. The maximum Gasteiger partial charge on any atom is 0.337 e. The van der Waals surface area contributed by atoms with E-state index < -0.39 is 14.0 Å². The van der Waals surface area contributed by atoms with Crippen LogP contribution in [0, 0.1) is 0 Å². The summed E-state index contributed by atoms with van der Waals surface area (Å²) in [7, 11) is -2.01. The first-order valence-electron chi connectivity index (χ1n) is 10.4. The predicted molar refractivity (Wildman–Crippen MR) is 127 cm³/mol. The average Bonchev–Trinajstić information content (AvgIpc) is 3.41. The molecule has 2 aliphatic heterocycles. The highest BCUT2D eigenvalue weighted by molar-refractivity contribution is 7.11. The lowest BCUT2D eigenvalue weighted by atomic mass is 9.92. The van der Waals surface area contributed by atoms with Crippen molar-refractivity contribution in [3.05, 3.63) is 74.6 Å². The summed E-state index contributed by atoms with van der Waals surface area (Å²) in [4.78, 5) is 12.8. The van der Waals surface area contributed by atoms with Gasteiger partial charge in [-0.2, -0.15) is 0 Å². The zero-order chi connectivity index (χ0) is 21.0. The number of carbonyl (C=O) groups is 1. The van der Waals surface area contributed by atoms with Gasteiger partial charge in [0.2, 0.25) is 0 Å². The number of carboxylic acid groups (broad SMARTS) is 1. The Hall–Kier alpha value is -2.70. The molecule has 5 rings (SSSR count). The van der Waals surface area contributed by atoms with Crippen LogP contribution in [-0.2, 0) is 0 Å². The molecule has 3 aliphatic rings. The fourth-order valence-electron chi connectivity index (χ4n) is 4.94. The van der Waals surface area contributed by atoms with E-state index in [1.807, 2.05) is 11.4 Å². The van der Waals surface area contributed by atoms with Crippen LogP contribution in [0.4, 0.5) is 5.69 Å². The molecule has 1 aromatic carbocycles. The molecular weight excluding hydrogens is 408 g/mol. The third kappa shape index (κ3) is 2.86. The summed E-state index contributed by atoms with van der Waals surface area (Å²) in [5.74, 6) is -0.881. The third-order valence-corrected chi connectivity index (χ3v) is 11.0. The number of carboxylic acids is 1. The Labute approximate surface area is 181 Å². The van der Waals surface area contributed by atoms with Crippen molar-refractivity contribution < 1.29 is 14.5 Å². The highest BCUT2D eigenvalue weighted by Gasteiger charge is 2.41. The maximum atomic E-state index is 11.9. The van der Waals surface area contributed by atoms with Crippen molar-refractivity contribution in [1.29, 1.82) is 0 Å². The highest BCUT2D eigenvalue weighted by atomic mass is 32.1. The van der Waals surface area contributed by atoms with Crippen molar-refractivity contribution in [3.8, 4) is 0 Å². The van der Waals surface area contributed by atoms with Crippen molar-refractivity contribution in [3.63, 3.8) is 0 Å². The van der Waals surface area contributed by atoms with Gasteiger partial charge in [-0.1, -0.05) is 19.2 Å². The number of fused-ring (bicyclic) bond motifs is 2. The van der Waals surface area contributed by atoms with Gasteiger partial charge in [-0.15, -0.1) is 11.3 Å². The van der Waals surface area contributed by atoms with Crippen LogP contribution in [0.1, 0.15) is 33.6 Å². The van der Waals surface area contributed by atoms with E-state index in [4.69, 9.17) is 5.73 Å². The number of nitrogens with two attached hydrogens (primary N) is 1. The van der Waals surface area contributed by atoms with Crippen molar-refractivity contribution in [2.75, 3.05) is 18.8 Å². The Morgan fingerprint density at radius 1 is 1.17 bits per heavy atom. The van der Waals surface area contributed by atoms with Crippen LogP contribution >= 0.6 is 11.3 Å². The zero-order valence-electron chi connectivity index (χ0n) is 17.2. The van der Waals surface area contributed by atoms with Crippen LogP contribution in [-0.4, -0.2) is 42.5 Å². The molecular formula is C24H25N2O2SSi+. The fraction of sp³-hybridized carbons (Fsp3) is 0.250. The first-order valence-corrected chi connectivity index (χ1v) is 14.2. The van der Waals surface area contributed by atoms with Crippen molar-refractivity contribution in [1.82, 2.24) is 0 Å². The molecule has 0 saturated carbocycles. The Morgan fingerprint density at radius 2 is 1.93 bits per heavy atom. The van der Waals surface area contributed by atoms with E-state index in [0.717, 1.165) is 34.8 Å². The molecule has 1 aliphatic carbocycles. The molecule has 3 heterocycles. The van der Waals surface area contributed by atoms with E-state index in [1.165, 1.54) is 45.8 Å². The monoisotopic (exact) mass is 433 g/mol. The van der Waals surface area contributed by atoms with Crippen LogP contribution < -0.4 is 10.9 Å². The molecule has 6 heteroatoms. The van der Waals surface area contributed by atoms with Gasteiger partial charge < -0.3 is 10.8 Å². The second kappa shape index (κ2) is 6.92. The SMILES string of the molecule is C[Si]1(C)C2=CC(=[N+]3CCCC3)C=CC2=C(c2sccc2C(=O)O)c2ccc(N)cc21. The molecule has 152 valence electrons. The smallest absolute Gasteiger partial charge is 0.337 e. The normalized spacial score (nSPS) is 19.6. The lowest BCUT2D eigenvalue weighted by Crippen LogP contribution is -2.49. The molecule has 4 nitrogen and oxygen atoms in total. The fourth-order valence-corrected chi connectivity index (χ4v) is 8.99. The summed E-state index contributed by atoms with van der Waals surface area (Å²) in [5.41, 5.74) is 12.0. The van der Waals surface area contributed by atoms with Gasteiger partial charge in [0.1, 0.15) is 21.2 Å². The van der Waals surface area contributed by atoms with Gasteiger partial charge in [0.05, 0.1) is 5.56 Å². The van der Waals surface area contributed by atoms with Gasteiger partial charge in [-0.05, 0) is 51.2 Å². The van der Waals surface area contributed by atoms with Gasteiger partial charge in [0.15, 0.2) is 5.71 Å². The molecule has 1 aromatic heterocycles.